The minimum absolute atomic E-state index is 0.0690. The van der Waals surface area contributed by atoms with Crippen LogP contribution in [0, 0.1) is 13.8 Å². The van der Waals surface area contributed by atoms with Gasteiger partial charge in [0.25, 0.3) is 5.91 Å². The van der Waals surface area contributed by atoms with Gasteiger partial charge in [-0.2, -0.15) is 0 Å². The highest BCUT2D eigenvalue weighted by Crippen LogP contribution is 2.15. The molecule has 2 aromatic rings. The van der Waals surface area contributed by atoms with Gasteiger partial charge in [0, 0.05) is 10.6 Å². The molecule has 0 aliphatic carbocycles. The van der Waals surface area contributed by atoms with Crippen molar-refractivity contribution in [3.8, 4) is 0 Å². The Kier molecular flexibility index (Phi) is 3.35. The molecule has 96 valence electrons. The van der Waals surface area contributed by atoms with E-state index in [4.69, 9.17) is 10.3 Å². The first-order valence-electron chi connectivity index (χ1n) is 5.28. The Morgan fingerprint density at radius 3 is 2.83 bits per heavy atom. The molecule has 0 fully saturated rings. The molecular weight excluding hydrogens is 254 g/mol. The van der Waals surface area contributed by atoms with Crippen molar-refractivity contribution < 1.29 is 9.21 Å². The molecule has 7 heteroatoms. The summed E-state index contributed by atoms with van der Waals surface area (Å²) in [5.41, 5.74) is 3.26. The standard InChI is InChI=1S/C11H13N3O3S/c1-6-7(2)18-11(16)14(6)5-9-8(3-4-17-9)10(15)13-12/h3-4H,5,12H2,1-2H3,(H,13,15). The Bertz CT molecular complexity index is 638. The summed E-state index contributed by atoms with van der Waals surface area (Å²) >= 11 is 1.18. The van der Waals surface area contributed by atoms with Crippen LogP contribution in [0.2, 0.25) is 0 Å². The number of hydrogen-bond acceptors (Lipinski definition) is 5. The van der Waals surface area contributed by atoms with Crippen LogP contribution >= 0.6 is 11.3 Å². The second-order valence-electron chi connectivity index (χ2n) is 3.83. The molecule has 0 atom stereocenters. The van der Waals surface area contributed by atoms with E-state index in [0.29, 0.717) is 11.3 Å². The van der Waals surface area contributed by atoms with Crippen molar-refractivity contribution in [1.82, 2.24) is 9.99 Å². The van der Waals surface area contributed by atoms with Gasteiger partial charge in [-0.1, -0.05) is 11.3 Å². The predicted octanol–water partition coefficient (Wildman–Crippen LogP) is 0.771. The van der Waals surface area contributed by atoms with Crippen molar-refractivity contribution in [2.24, 2.45) is 5.84 Å². The van der Waals surface area contributed by atoms with Crippen molar-refractivity contribution >= 4 is 17.2 Å². The molecule has 0 spiro atoms. The zero-order valence-electron chi connectivity index (χ0n) is 10.0. The summed E-state index contributed by atoms with van der Waals surface area (Å²) in [4.78, 5) is 24.1. The molecule has 2 heterocycles. The van der Waals surface area contributed by atoms with Gasteiger partial charge in [0.15, 0.2) is 0 Å². The number of aromatic nitrogens is 1. The van der Waals surface area contributed by atoms with Crippen molar-refractivity contribution in [2.75, 3.05) is 0 Å². The van der Waals surface area contributed by atoms with Gasteiger partial charge in [-0.3, -0.25) is 19.6 Å². The third-order valence-corrected chi connectivity index (χ3v) is 3.79. The van der Waals surface area contributed by atoms with Crippen molar-refractivity contribution in [1.29, 1.82) is 0 Å². The molecular formula is C11H13N3O3S. The Morgan fingerprint density at radius 2 is 2.28 bits per heavy atom. The maximum atomic E-state index is 11.8. The lowest BCUT2D eigenvalue weighted by Gasteiger charge is -2.04. The number of nitrogen functional groups attached to an aromatic ring is 1. The zero-order chi connectivity index (χ0) is 13.3. The molecule has 2 rings (SSSR count). The summed E-state index contributed by atoms with van der Waals surface area (Å²) in [5.74, 6) is 5.07. The molecule has 18 heavy (non-hydrogen) atoms. The van der Waals surface area contributed by atoms with Crippen LogP contribution in [-0.4, -0.2) is 10.5 Å². The molecule has 3 N–H and O–H groups in total. The highest BCUT2D eigenvalue weighted by molar-refractivity contribution is 7.09. The molecule has 0 saturated heterocycles. The number of hydrogen-bond donors (Lipinski definition) is 2. The molecule has 2 aromatic heterocycles. The summed E-state index contributed by atoms with van der Waals surface area (Å²) in [6.07, 6.45) is 1.40. The van der Waals surface area contributed by atoms with Crippen LogP contribution in [0.4, 0.5) is 0 Å². The second kappa shape index (κ2) is 4.79. The average molecular weight is 267 g/mol. The van der Waals surface area contributed by atoms with Crippen LogP contribution in [0.5, 0.6) is 0 Å². The summed E-state index contributed by atoms with van der Waals surface area (Å²) < 4.78 is 6.81. The van der Waals surface area contributed by atoms with E-state index in [1.54, 1.807) is 4.57 Å². The third-order valence-electron chi connectivity index (χ3n) is 2.80. The van der Waals surface area contributed by atoms with Crippen LogP contribution < -0.4 is 16.1 Å². The van der Waals surface area contributed by atoms with E-state index >= 15 is 0 Å². The predicted molar refractivity (Wildman–Crippen MR) is 67.5 cm³/mol. The Morgan fingerprint density at radius 1 is 1.56 bits per heavy atom. The maximum absolute atomic E-state index is 11.8. The number of aryl methyl sites for hydroxylation is 1. The van der Waals surface area contributed by atoms with Crippen molar-refractivity contribution in [3.05, 3.63) is 43.9 Å². The number of hydrazine groups is 1. The van der Waals surface area contributed by atoms with Gasteiger partial charge in [0.2, 0.25) is 0 Å². The number of nitrogens with zero attached hydrogens (tertiary/aromatic N) is 1. The van der Waals surface area contributed by atoms with E-state index in [-0.39, 0.29) is 11.4 Å². The minimum atomic E-state index is -0.434. The zero-order valence-corrected chi connectivity index (χ0v) is 10.8. The molecule has 0 unspecified atom stereocenters. The van der Waals surface area contributed by atoms with E-state index < -0.39 is 5.91 Å². The number of amides is 1. The van der Waals surface area contributed by atoms with Crippen molar-refractivity contribution in [3.63, 3.8) is 0 Å². The molecule has 1 amide bonds. The first-order chi connectivity index (χ1) is 8.54. The topological polar surface area (TPSA) is 90.3 Å². The number of carbonyl (C=O) groups excluding carboxylic acids is 1. The fourth-order valence-corrected chi connectivity index (χ4v) is 2.49. The molecule has 6 nitrogen and oxygen atoms in total. The number of nitrogens with two attached hydrogens (primary N) is 1. The molecule has 0 aromatic carbocycles. The highest BCUT2D eigenvalue weighted by Gasteiger charge is 2.16. The third kappa shape index (κ3) is 2.09. The minimum Gasteiger partial charge on any atom is -0.467 e. The van der Waals surface area contributed by atoms with Crippen LogP contribution in [-0.2, 0) is 6.54 Å². The number of nitrogens with one attached hydrogen (secondary N) is 1. The number of thiazole rings is 1. The van der Waals surface area contributed by atoms with Gasteiger partial charge in [0.1, 0.15) is 5.76 Å². The molecule has 0 aliphatic rings. The van der Waals surface area contributed by atoms with E-state index in [2.05, 4.69) is 0 Å². The Hall–Kier alpha value is -1.86. The van der Waals surface area contributed by atoms with Gasteiger partial charge in [0.05, 0.1) is 18.4 Å². The van der Waals surface area contributed by atoms with Crippen LogP contribution in [0.25, 0.3) is 0 Å². The maximum Gasteiger partial charge on any atom is 0.307 e. The lowest BCUT2D eigenvalue weighted by molar-refractivity contribution is 0.0951. The fourth-order valence-electron chi connectivity index (χ4n) is 1.66. The average Bonchev–Trinajstić information content (AvgIpc) is 2.89. The summed E-state index contributed by atoms with van der Waals surface area (Å²) in [6, 6.07) is 1.52. The van der Waals surface area contributed by atoms with E-state index in [1.165, 1.54) is 23.7 Å². The largest absolute Gasteiger partial charge is 0.467 e. The summed E-state index contributed by atoms with van der Waals surface area (Å²) in [5, 5.41) is 0. The van der Waals surface area contributed by atoms with Crippen molar-refractivity contribution in [2.45, 2.75) is 20.4 Å². The molecule has 0 bridgehead atoms. The fraction of sp³-hybridized carbons (Fsp3) is 0.273. The SMILES string of the molecule is Cc1sc(=O)n(Cc2occc2C(=O)NN)c1C. The van der Waals surface area contributed by atoms with Crippen LogP contribution in [0.15, 0.2) is 21.5 Å². The summed E-state index contributed by atoms with van der Waals surface area (Å²) in [7, 11) is 0. The highest BCUT2D eigenvalue weighted by atomic mass is 32.1. The Labute approximate surface area is 107 Å². The smallest absolute Gasteiger partial charge is 0.307 e. The first kappa shape index (κ1) is 12.6. The van der Waals surface area contributed by atoms with E-state index in [9.17, 15) is 9.59 Å². The Balaban J connectivity index is 2.38. The molecule has 0 aliphatic heterocycles. The van der Waals surface area contributed by atoms with Crippen LogP contribution in [0.1, 0.15) is 26.7 Å². The number of furan rings is 1. The van der Waals surface area contributed by atoms with Gasteiger partial charge in [-0.15, -0.1) is 0 Å². The first-order valence-corrected chi connectivity index (χ1v) is 6.10. The van der Waals surface area contributed by atoms with Gasteiger partial charge < -0.3 is 4.42 Å². The second-order valence-corrected chi connectivity index (χ2v) is 4.99. The van der Waals surface area contributed by atoms with Gasteiger partial charge in [-0.05, 0) is 19.9 Å². The van der Waals surface area contributed by atoms with E-state index in [0.717, 1.165) is 10.6 Å². The molecule has 0 saturated carbocycles. The summed E-state index contributed by atoms with van der Waals surface area (Å²) in [6.45, 7) is 3.97. The van der Waals surface area contributed by atoms with Crippen LogP contribution in [0.3, 0.4) is 0 Å². The van der Waals surface area contributed by atoms with Gasteiger partial charge >= 0.3 is 4.87 Å². The molecule has 0 radical (unpaired) electrons. The number of rotatable bonds is 3. The monoisotopic (exact) mass is 267 g/mol. The normalized spacial score (nSPS) is 10.6. The lowest BCUT2D eigenvalue weighted by atomic mass is 10.2. The quantitative estimate of drug-likeness (QED) is 0.488. The van der Waals surface area contributed by atoms with E-state index in [1.807, 2.05) is 19.3 Å². The number of carbonyl (C=O) groups is 1. The lowest BCUT2D eigenvalue weighted by Crippen LogP contribution is -2.30. The van der Waals surface area contributed by atoms with Gasteiger partial charge in [-0.25, -0.2) is 5.84 Å².